The first-order valence-corrected chi connectivity index (χ1v) is 7.33. The highest BCUT2D eigenvalue weighted by atomic mass is 16.4. The van der Waals surface area contributed by atoms with E-state index in [0.717, 1.165) is 25.7 Å². The largest absolute Gasteiger partial charge is 0.481 e. The number of carbonyl (C=O) groups is 1. The van der Waals surface area contributed by atoms with Crippen molar-refractivity contribution in [2.75, 3.05) is 0 Å². The topological polar surface area (TPSA) is 37.3 Å². The van der Waals surface area contributed by atoms with Crippen molar-refractivity contribution in [2.24, 2.45) is 11.8 Å². The lowest BCUT2D eigenvalue weighted by atomic mass is 9.69. The maximum absolute atomic E-state index is 11.5. The van der Waals surface area contributed by atoms with Crippen LogP contribution in [0.1, 0.15) is 55.2 Å². The van der Waals surface area contributed by atoms with Crippen LogP contribution in [0, 0.1) is 25.7 Å². The highest BCUT2D eigenvalue weighted by Gasteiger charge is 2.36. The van der Waals surface area contributed by atoms with Crippen LogP contribution in [0.4, 0.5) is 0 Å². The predicted octanol–water partition coefficient (Wildman–Crippen LogP) is 4.30. The number of aliphatic carboxylic acids is 1. The minimum atomic E-state index is -0.625. The summed E-state index contributed by atoms with van der Waals surface area (Å²) in [7, 11) is 0. The third kappa shape index (κ3) is 2.83. The van der Waals surface area contributed by atoms with Gasteiger partial charge in [-0.3, -0.25) is 4.79 Å². The van der Waals surface area contributed by atoms with Crippen molar-refractivity contribution in [2.45, 2.75) is 52.4 Å². The van der Waals surface area contributed by atoms with Gasteiger partial charge in [-0.1, -0.05) is 31.5 Å². The first kappa shape index (κ1) is 14.1. The SMILES string of the molecule is CCC1CCC(C(=O)O)C(c2cccc(C)c2C)C1. The van der Waals surface area contributed by atoms with Crippen LogP contribution in [0.5, 0.6) is 0 Å². The molecule has 1 aromatic carbocycles. The molecule has 0 saturated heterocycles. The molecule has 0 amide bonds. The lowest BCUT2D eigenvalue weighted by Gasteiger charge is -2.35. The van der Waals surface area contributed by atoms with Gasteiger partial charge in [-0.2, -0.15) is 0 Å². The highest BCUT2D eigenvalue weighted by Crippen LogP contribution is 2.43. The van der Waals surface area contributed by atoms with E-state index >= 15 is 0 Å². The van der Waals surface area contributed by atoms with E-state index < -0.39 is 5.97 Å². The summed E-state index contributed by atoms with van der Waals surface area (Å²) >= 11 is 0. The average molecular weight is 260 g/mol. The van der Waals surface area contributed by atoms with Gasteiger partial charge in [-0.15, -0.1) is 0 Å². The fourth-order valence-corrected chi connectivity index (χ4v) is 3.44. The van der Waals surface area contributed by atoms with Crippen molar-refractivity contribution >= 4 is 5.97 Å². The second-order valence-electron chi connectivity index (χ2n) is 5.93. The van der Waals surface area contributed by atoms with E-state index in [1.165, 1.54) is 16.7 Å². The molecule has 2 nitrogen and oxygen atoms in total. The Labute approximate surface area is 115 Å². The van der Waals surface area contributed by atoms with Crippen LogP contribution in [-0.4, -0.2) is 11.1 Å². The molecule has 2 heteroatoms. The summed E-state index contributed by atoms with van der Waals surface area (Å²) in [5.41, 5.74) is 3.79. The van der Waals surface area contributed by atoms with Crippen molar-refractivity contribution in [3.05, 3.63) is 34.9 Å². The Bertz CT molecular complexity index is 464. The molecule has 3 atom stereocenters. The molecule has 0 heterocycles. The number of carboxylic acid groups (broad SMARTS) is 1. The summed E-state index contributed by atoms with van der Waals surface area (Å²) in [4.78, 5) is 11.5. The zero-order valence-electron chi connectivity index (χ0n) is 12.1. The van der Waals surface area contributed by atoms with Crippen molar-refractivity contribution < 1.29 is 9.90 Å². The van der Waals surface area contributed by atoms with Crippen molar-refractivity contribution in [1.82, 2.24) is 0 Å². The van der Waals surface area contributed by atoms with Gasteiger partial charge in [0.25, 0.3) is 0 Å². The van der Waals surface area contributed by atoms with Gasteiger partial charge in [0.05, 0.1) is 5.92 Å². The second-order valence-corrected chi connectivity index (χ2v) is 5.93. The molecule has 1 aromatic rings. The zero-order valence-corrected chi connectivity index (χ0v) is 12.1. The van der Waals surface area contributed by atoms with Crippen LogP contribution in [0.2, 0.25) is 0 Å². The van der Waals surface area contributed by atoms with Crippen LogP contribution in [0.15, 0.2) is 18.2 Å². The molecule has 0 aromatic heterocycles. The summed E-state index contributed by atoms with van der Waals surface area (Å²) in [5, 5.41) is 9.49. The molecule has 1 aliphatic rings. The van der Waals surface area contributed by atoms with Crippen molar-refractivity contribution in [3.8, 4) is 0 Å². The van der Waals surface area contributed by atoms with Crippen LogP contribution in [-0.2, 0) is 4.79 Å². The van der Waals surface area contributed by atoms with Gasteiger partial charge in [0, 0.05) is 0 Å². The monoisotopic (exact) mass is 260 g/mol. The minimum absolute atomic E-state index is 0.191. The molecular formula is C17H24O2. The Morgan fingerprint density at radius 3 is 2.68 bits per heavy atom. The molecular weight excluding hydrogens is 236 g/mol. The predicted molar refractivity (Wildman–Crippen MR) is 77.4 cm³/mol. The zero-order chi connectivity index (χ0) is 14.0. The van der Waals surface area contributed by atoms with Gasteiger partial charge in [0.15, 0.2) is 0 Å². The molecule has 19 heavy (non-hydrogen) atoms. The van der Waals surface area contributed by atoms with Gasteiger partial charge >= 0.3 is 5.97 Å². The molecule has 0 radical (unpaired) electrons. The molecule has 1 fully saturated rings. The van der Waals surface area contributed by atoms with E-state index in [1.54, 1.807) is 0 Å². The lowest BCUT2D eigenvalue weighted by Crippen LogP contribution is -2.29. The number of hydrogen-bond acceptors (Lipinski definition) is 1. The van der Waals surface area contributed by atoms with Crippen LogP contribution in [0.3, 0.4) is 0 Å². The Hall–Kier alpha value is -1.31. The van der Waals surface area contributed by atoms with E-state index in [2.05, 4.69) is 39.0 Å². The minimum Gasteiger partial charge on any atom is -0.481 e. The molecule has 0 spiro atoms. The molecule has 1 N–H and O–H groups in total. The molecule has 1 saturated carbocycles. The number of aryl methyl sites for hydroxylation is 1. The standard InChI is InChI=1S/C17H24O2/c1-4-13-8-9-15(17(18)19)16(10-13)14-7-5-6-11(2)12(14)3/h5-7,13,15-16H,4,8-10H2,1-3H3,(H,18,19). The second kappa shape index (κ2) is 5.77. The Morgan fingerprint density at radius 1 is 1.32 bits per heavy atom. The van der Waals surface area contributed by atoms with Crippen molar-refractivity contribution in [1.29, 1.82) is 0 Å². The van der Waals surface area contributed by atoms with Crippen LogP contribution < -0.4 is 0 Å². The molecule has 3 unspecified atom stereocenters. The number of benzene rings is 1. The fourth-order valence-electron chi connectivity index (χ4n) is 3.44. The smallest absolute Gasteiger partial charge is 0.307 e. The van der Waals surface area contributed by atoms with Crippen LogP contribution >= 0.6 is 0 Å². The van der Waals surface area contributed by atoms with E-state index in [1.807, 2.05) is 0 Å². The molecule has 1 aliphatic carbocycles. The number of rotatable bonds is 3. The number of hydrogen-bond donors (Lipinski definition) is 1. The summed E-state index contributed by atoms with van der Waals surface area (Å²) in [5.74, 6) is 0.0420. The summed E-state index contributed by atoms with van der Waals surface area (Å²) in [6, 6.07) is 6.29. The van der Waals surface area contributed by atoms with E-state index in [4.69, 9.17) is 0 Å². The van der Waals surface area contributed by atoms with Gasteiger partial charge in [0.2, 0.25) is 0 Å². The average Bonchev–Trinajstić information content (AvgIpc) is 2.41. The third-order valence-corrected chi connectivity index (χ3v) is 4.90. The van der Waals surface area contributed by atoms with Gasteiger partial charge in [0.1, 0.15) is 0 Å². The van der Waals surface area contributed by atoms with Crippen LogP contribution in [0.25, 0.3) is 0 Å². The Kier molecular flexibility index (Phi) is 4.28. The van der Waals surface area contributed by atoms with E-state index in [9.17, 15) is 9.90 Å². The summed E-state index contributed by atoms with van der Waals surface area (Å²) in [6.07, 6.45) is 4.08. The quantitative estimate of drug-likeness (QED) is 0.879. The van der Waals surface area contributed by atoms with E-state index in [0.29, 0.717) is 5.92 Å². The molecule has 0 aliphatic heterocycles. The first-order valence-electron chi connectivity index (χ1n) is 7.33. The summed E-state index contributed by atoms with van der Waals surface area (Å²) < 4.78 is 0. The normalized spacial score (nSPS) is 27.2. The van der Waals surface area contributed by atoms with Gasteiger partial charge in [-0.05, 0) is 61.6 Å². The van der Waals surface area contributed by atoms with Gasteiger partial charge in [-0.25, -0.2) is 0 Å². The summed E-state index contributed by atoms with van der Waals surface area (Å²) in [6.45, 7) is 6.44. The molecule has 104 valence electrons. The molecule has 0 bridgehead atoms. The van der Waals surface area contributed by atoms with Crippen molar-refractivity contribution in [3.63, 3.8) is 0 Å². The number of carboxylic acids is 1. The Balaban J connectivity index is 2.36. The molecule has 2 rings (SSSR count). The lowest BCUT2D eigenvalue weighted by molar-refractivity contribution is -0.143. The van der Waals surface area contributed by atoms with Gasteiger partial charge < -0.3 is 5.11 Å². The maximum atomic E-state index is 11.5. The first-order chi connectivity index (χ1) is 9.04. The van der Waals surface area contributed by atoms with E-state index in [-0.39, 0.29) is 11.8 Å². The Morgan fingerprint density at radius 2 is 2.05 bits per heavy atom. The fraction of sp³-hybridized carbons (Fsp3) is 0.588. The highest BCUT2D eigenvalue weighted by molar-refractivity contribution is 5.71. The maximum Gasteiger partial charge on any atom is 0.307 e. The third-order valence-electron chi connectivity index (χ3n) is 4.90.